The molecular weight excluding hydrogens is 417 g/mol. The number of sulfonamides is 1. The molecular formula is C15H14INO4S. The van der Waals surface area contributed by atoms with Gasteiger partial charge in [0.05, 0.1) is 22.8 Å². The first-order valence-corrected chi connectivity index (χ1v) is 9.05. The van der Waals surface area contributed by atoms with Crippen LogP contribution >= 0.6 is 22.6 Å². The molecule has 2 rings (SSSR count). The molecule has 0 aromatic heterocycles. The van der Waals surface area contributed by atoms with Gasteiger partial charge >= 0.3 is 5.97 Å². The van der Waals surface area contributed by atoms with E-state index in [2.05, 4.69) is 27.3 Å². The van der Waals surface area contributed by atoms with E-state index in [1.807, 2.05) is 0 Å². The Labute approximate surface area is 142 Å². The minimum atomic E-state index is -3.76. The molecule has 0 amide bonds. The average molecular weight is 431 g/mol. The molecule has 0 saturated heterocycles. The second kappa shape index (κ2) is 7.10. The zero-order chi connectivity index (χ0) is 16.2. The van der Waals surface area contributed by atoms with Gasteiger partial charge in [-0.25, -0.2) is 13.2 Å². The van der Waals surface area contributed by atoms with Crippen LogP contribution in [0.3, 0.4) is 0 Å². The highest BCUT2D eigenvalue weighted by Gasteiger charge is 2.19. The van der Waals surface area contributed by atoms with Gasteiger partial charge in [0.1, 0.15) is 0 Å². The minimum Gasteiger partial charge on any atom is -0.462 e. The molecule has 0 saturated carbocycles. The standard InChI is InChI=1S/C15H14INO4S/c1-2-21-15(18)13-5-3-4-6-14(13)17-22(19,20)12-9-7-11(16)8-10-12/h3-10,17H,2H2,1H3. The fourth-order valence-corrected chi connectivity index (χ4v) is 3.22. The van der Waals surface area contributed by atoms with Crippen molar-refractivity contribution in [2.75, 3.05) is 11.3 Å². The van der Waals surface area contributed by atoms with Crippen molar-refractivity contribution in [3.05, 3.63) is 57.7 Å². The van der Waals surface area contributed by atoms with Crippen LogP contribution in [0.15, 0.2) is 53.4 Å². The molecule has 7 heteroatoms. The lowest BCUT2D eigenvalue weighted by atomic mass is 10.2. The van der Waals surface area contributed by atoms with E-state index >= 15 is 0 Å². The Morgan fingerprint density at radius 1 is 1.14 bits per heavy atom. The normalized spacial score (nSPS) is 11.0. The van der Waals surface area contributed by atoms with Crippen molar-refractivity contribution in [3.63, 3.8) is 0 Å². The van der Waals surface area contributed by atoms with Gasteiger partial charge < -0.3 is 4.74 Å². The van der Waals surface area contributed by atoms with Crippen LogP contribution in [0, 0.1) is 3.57 Å². The number of nitrogens with one attached hydrogen (secondary N) is 1. The number of ether oxygens (including phenoxy) is 1. The molecule has 0 radical (unpaired) electrons. The number of para-hydroxylation sites is 1. The summed E-state index contributed by atoms with van der Waals surface area (Å²) in [5, 5.41) is 0. The topological polar surface area (TPSA) is 72.5 Å². The Morgan fingerprint density at radius 3 is 2.41 bits per heavy atom. The van der Waals surface area contributed by atoms with E-state index in [9.17, 15) is 13.2 Å². The number of benzene rings is 2. The summed E-state index contributed by atoms with van der Waals surface area (Å²) in [5.74, 6) is -0.566. The zero-order valence-corrected chi connectivity index (χ0v) is 14.7. The predicted octanol–water partition coefficient (Wildman–Crippen LogP) is 3.27. The zero-order valence-electron chi connectivity index (χ0n) is 11.7. The van der Waals surface area contributed by atoms with Crippen LogP contribution in [0.2, 0.25) is 0 Å². The average Bonchev–Trinajstić information content (AvgIpc) is 2.48. The Kier molecular flexibility index (Phi) is 5.41. The molecule has 0 aliphatic heterocycles. The van der Waals surface area contributed by atoms with Crippen molar-refractivity contribution in [2.45, 2.75) is 11.8 Å². The molecule has 0 aliphatic rings. The largest absolute Gasteiger partial charge is 0.462 e. The molecule has 2 aromatic carbocycles. The van der Waals surface area contributed by atoms with Crippen LogP contribution in [0.4, 0.5) is 5.69 Å². The number of anilines is 1. The third kappa shape index (κ3) is 3.98. The van der Waals surface area contributed by atoms with Gasteiger partial charge in [0.25, 0.3) is 10.0 Å². The summed E-state index contributed by atoms with van der Waals surface area (Å²) in [7, 11) is -3.76. The molecule has 0 bridgehead atoms. The van der Waals surface area contributed by atoms with E-state index in [1.165, 1.54) is 24.3 Å². The van der Waals surface area contributed by atoms with Gasteiger partial charge in [-0.1, -0.05) is 12.1 Å². The quantitative estimate of drug-likeness (QED) is 0.583. The number of esters is 1. The highest BCUT2D eigenvalue weighted by atomic mass is 127. The number of rotatable bonds is 5. The highest BCUT2D eigenvalue weighted by molar-refractivity contribution is 14.1. The summed E-state index contributed by atoms with van der Waals surface area (Å²) in [6, 6.07) is 12.8. The van der Waals surface area contributed by atoms with Crippen molar-refractivity contribution in [1.29, 1.82) is 0 Å². The van der Waals surface area contributed by atoms with E-state index in [-0.39, 0.29) is 22.8 Å². The Balaban J connectivity index is 2.34. The van der Waals surface area contributed by atoms with E-state index in [0.717, 1.165) is 3.57 Å². The summed E-state index contributed by atoms with van der Waals surface area (Å²) in [6.07, 6.45) is 0. The molecule has 0 atom stereocenters. The van der Waals surface area contributed by atoms with E-state index in [1.54, 1.807) is 31.2 Å². The van der Waals surface area contributed by atoms with Crippen LogP contribution in [0.1, 0.15) is 17.3 Å². The predicted molar refractivity (Wildman–Crippen MR) is 92.4 cm³/mol. The maximum absolute atomic E-state index is 12.4. The Bertz CT molecular complexity index is 772. The number of hydrogen-bond donors (Lipinski definition) is 1. The van der Waals surface area contributed by atoms with E-state index in [4.69, 9.17) is 4.74 Å². The van der Waals surface area contributed by atoms with Gasteiger partial charge in [-0.05, 0) is 65.9 Å². The fraction of sp³-hybridized carbons (Fsp3) is 0.133. The number of hydrogen-bond acceptors (Lipinski definition) is 4. The molecule has 0 aliphatic carbocycles. The molecule has 0 heterocycles. The Morgan fingerprint density at radius 2 is 1.77 bits per heavy atom. The molecule has 22 heavy (non-hydrogen) atoms. The van der Waals surface area contributed by atoms with Crippen molar-refractivity contribution in [1.82, 2.24) is 0 Å². The van der Waals surface area contributed by atoms with E-state index in [0.29, 0.717) is 0 Å². The SMILES string of the molecule is CCOC(=O)c1ccccc1NS(=O)(=O)c1ccc(I)cc1. The summed E-state index contributed by atoms with van der Waals surface area (Å²) >= 11 is 2.09. The minimum absolute atomic E-state index is 0.131. The van der Waals surface area contributed by atoms with Gasteiger partial charge in [0.15, 0.2) is 0 Å². The van der Waals surface area contributed by atoms with Crippen LogP contribution in [0.5, 0.6) is 0 Å². The fourth-order valence-electron chi connectivity index (χ4n) is 1.78. The van der Waals surface area contributed by atoms with E-state index < -0.39 is 16.0 Å². The molecule has 5 nitrogen and oxygen atoms in total. The lowest BCUT2D eigenvalue weighted by molar-refractivity contribution is 0.0527. The third-order valence-corrected chi connectivity index (χ3v) is 4.89. The van der Waals surface area contributed by atoms with Crippen molar-refractivity contribution >= 4 is 44.3 Å². The molecule has 2 aromatic rings. The molecule has 0 spiro atoms. The summed E-state index contributed by atoms with van der Waals surface area (Å²) < 4.78 is 33.1. The molecule has 116 valence electrons. The number of carbonyl (C=O) groups is 1. The Hall–Kier alpha value is -1.61. The maximum atomic E-state index is 12.4. The van der Waals surface area contributed by atoms with Gasteiger partial charge in [-0.15, -0.1) is 0 Å². The van der Waals surface area contributed by atoms with Gasteiger partial charge in [-0.2, -0.15) is 0 Å². The lowest BCUT2D eigenvalue weighted by Gasteiger charge is -2.12. The van der Waals surface area contributed by atoms with Crippen molar-refractivity contribution in [2.24, 2.45) is 0 Å². The smallest absolute Gasteiger partial charge is 0.340 e. The maximum Gasteiger partial charge on any atom is 0.340 e. The summed E-state index contributed by atoms with van der Waals surface area (Å²) in [4.78, 5) is 12.0. The second-order valence-corrected chi connectivity index (χ2v) is 7.25. The van der Waals surface area contributed by atoms with Gasteiger partial charge in [0, 0.05) is 3.57 Å². The first-order chi connectivity index (χ1) is 10.4. The molecule has 1 N–H and O–H groups in total. The second-order valence-electron chi connectivity index (χ2n) is 4.33. The first-order valence-electron chi connectivity index (χ1n) is 6.48. The van der Waals surface area contributed by atoms with Crippen molar-refractivity contribution < 1.29 is 17.9 Å². The summed E-state index contributed by atoms with van der Waals surface area (Å²) in [6.45, 7) is 1.91. The molecule has 0 fully saturated rings. The lowest BCUT2D eigenvalue weighted by Crippen LogP contribution is -2.16. The highest BCUT2D eigenvalue weighted by Crippen LogP contribution is 2.21. The van der Waals surface area contributed by atoms with Crippen LogP contribution < -0.4 is 4.72 Å². The summed E-state index contributed by atoms with van der Waals surface area (Å²) in [5.41, 5.74) is 0.373. The monoisotopic (exact) mass is 431 g/mol. The van der Waals surface area contributed by atoms with Crippen LogP contribution in [-0.2, 0) is 14.8 Å². The van der Waals surface area contributed by atoms with Crippen LogP contribution in [-0.4, -0.2) is 21.0 Å². The van der Waals surface area contributed by atoms with Gasteiger partial charge in [0.2, 0.25) is 0 Å². The first kappa shape index (κ1) is 16.8. The van der Waals surface area contributed by atoms with Crippen LogP contribution in [0.25, 0.3) is 0 Å². The third-order valence-electron chi connectivity index (χ3n) is 2.79. The molecule has 0 unspecified atom stereocenters. The number of halogens is 1. The van der Waals surface area contributed by atoms with Crippen molar-refractivity contribution in [3.8, 4) is 0 Å². The number of carbonyl (C=O) groups excluding carboxylic acids is 1. The van der Waals surface area contributed by atoms with Gasteiger partial charge in [-0.3, -0.25) is 4.72 Å².